The number of hydrogen-bond donors (Lipinski definition) is 1. The summed E-state index contributed by atoms with van der Waals surface area (Å²) in [5.74, 6) is -0.335. The molecule has 1 rings (SSSR count). The zero-order valence-corrected chi connectivity index (χ0v) is 11.4. The van der Waals surface area contributed by atoms with E-state index in [4.69, 9.17) is 10.5 Å². The molecule has 0 bridgehead atoms. The number of hydrogen-bond acceptors (Lipinski definition) is 4. The first-order chi connectivity index (χ1) is 8.60. The minimum atomic E-state index is -0.335. The number of carbonyl (C=O) groups is 1. The molecule has 0 saturated heterocycles. The fourth-order valence-corrected chi connectivity index (χ4v) is 1.85. The first kappa shape index (κ1) is 14.5. The van der Waals surface area contributed by atoms with Gasteiger partial charge < -0.3 is 15.4 Å². The van der Waals surface area contributed by atoms with Crippen LogP contribution in [0.3, 0.4) is 0 Å². The lowest BCUT2D eigenvalue weighted by molar-refractivity contribution is 0.0467. The van der Waals surface area contributed by atoms with E-state index in [9.17, 15) is 4.79 Å². The van der Waals surface area contributed by atoms with Gasteiger partial charge in [-0.3, -0.25) is 0 Å². The molecule has 4 heteroatoms. The lowest BCUT2D eigenvalue weighted by Gasteiger charge is -2.18. The molecule has 0 unspecified atom stereocenters. The van der Waals surface area contributed by atoms with E-state index in [0.29, 0.717) is 17.9 Å². The number of ether oxygens (including phenoxy) is 1. The van der Waals surface area contributed by atoms with E-state index < -0.39 is 0 Å². The highest BCUT2D eigenvalue weighted by molar-refractivity contribution is 5.96. The Balaban J connectivity index is 2.56. The summed E-state index contributed by atoms with van der Waals surface area (Å²) < 4.78 is 5.26. The molecular weight excluding hydrogens is 228 g/mol. The first-order valence-electron chi connectivity index (χ1n) is 6.34. The Morgan fingerprint density at radius 3 is 2.56 bits per heavy atom. The summed E-state index contributed by atoms with van der Waals surface area (Å²) in [5, 5.41) is 0. The molecule has 2 N–H and O–H groups in total. The van der Waals surface area contributed by atoms with Crippen LogP contribution in [0.2, 0.25) is 0 Å². The average molecular weight is 250 g/mol. The maximum absolute atomic E-state index is 11.9. The standard InChI is InChI=1S/C14H22N2O2/c1-4-16(5-2)9-10-18-14(17)13-11(3)7-6-8-12(13)15/h6-8H,4-5,9-10,15H2,1-3H3. The molecule has 1 aromatic rings. The molecule has 1 aromatic carbocycles. The van der Waals surface area contributed by atoms with E-state index in [0.717, 1.165) is 25.2 Å². The molecule has 18 heavy (non-hydrogen) atoms. The van der Waals surface area contributed by atoms with Crippen molar-refractivity contribution in [2.45, 2.75) is 20.8 Å². The van der Waals surface area contributed by atoms with Crippen LogP contribution in [0.15, 0.2) is 18.2 Å². The molecule has 0 aromatic heterocycles. The predicted molar refractivity (Wildman–Crippen MR) is 73.7 cm³/mol. The molecule has 0 radical (unpaired) electrons. The number of rotatable bonds is 6. The number of esters is 1. The van der Waals surface area contributed by atoms with E-state index in [1.165, 1.54) is 0 Å². The summed E-state index contributed by atoms with van der Waals surface area (Å²) in [6, 6.07) is 5.41. The first-order valence-corrected chi connectivity index (χ1v) is 6.34. The third-order valence-corrected chi connectivity index (χ3v) is 3.04. The van der Waals surface area contributed by atoms with Crippen LogP contribution in [0.1, 0.15) is 29.8 Å². The molecule has 0 aliphatic carbocycles. The van der Waals surface area contributed by atoms with Crippen molar-refractivity contribution in [3.05, 3.63) is 29.3 Å². The van der Waals surface area contributed by atoms with Crippen molar-refractivity contribution in [3.63, 3.8) is 0 Å². The molecular formula is C14H22N2O2. The van der Waals surface area contributed by atoms with Crippen LogP contribution in [-0.4, -0.2) is 37.1 Å². The molecule has 0 aliphatic rings. The van der Waals surface area contributed by atoms with Crippen LogP contribution in [0.5, 0.6) is 0 Å². The number of aryl methyl sites for hydroxylation is 1. The molecule has 0 aliphatic heterocycles. The quantitative estimate of drug-likeness (QED) is 0.620. The zero-order chi connectivity index (χ0) is 13.5. The predicted octanol–water partition coefficient (Wildman–Crippen LogP) is 2.08. The number of nitrogens with zero attached hydrogens (tertiary/aromatic N) is 1. The number of nitrogen functional groups attached to an aromatic ring is 1. The molecule has 0 atom stereocenters. The monoisotopic (exact) mass is 250 g/mol. The van der Waals surface area contributed by atoms with Gasteiger partial charge in [0.05, 0.1) is 5.56 Å². The average Bonchev–Trinajstić information content (AvgIpc) is 2.34. The minimum absolute atomic E-state index is 0.335. The van der Waals surface area contributed by atoms with E-state index >= 15 is 0 Å². The Kier molecular flexibility index (Phi) is 5.65. The summed E-state index contributed by atoms with van der Waals surface area (Å²) in [6.45, 7) is 9.10. The van der Waals surface area contributed by atoms with Crippen LogP contribution in [0.4, 0.5) is 5.69 Å². The van der Waals surface area contributed by atoms with Gasteiger partial charge in [-0.25, -0.2) is 4.79 Å². The SMILES string of the molecule is CCN(CC)CCOC(=O)c1c(C)cccc1N. The minimum Gasteiger partial charge on any atom is -0.461 e. The topological polar surface area (TPSA) is 55.6 Å². The second-order valence-electron chi connectivity index (χ2n) is 4.20. The van der Waals surface area contributed by atoms with E-state index in [-0.39, 0.29) is 5.97 Å². The van der Waals surface area contributed by atoms with Crippen LogP contribution in [0, 0.1) is 6.92 Å². The van der Waals surface area contributed by atoms with Crippen molar-refractivity contribution in [1.82, 2.24) is 4.90 Å². The van der Waals surface area contributed by atoms with Crippen LogP contribution < -0.4 is 5.73 Å². The maximum atomic E-state index is 11.9. The van der Waals surface area contributed by atoms with Crippen LogP contribution in [-0.2, 0) is 4.74 Å². The fraction of sp³-hybridized carbons (Fsp3) is 0.500. The lowest BCUT2D eigenvalue weighted by Crippen LogP contribution is -2.28. The summed E-state index contributed by atoms with van der Waals surface area (Å²) in [7, 11) is 0. The van der Waals surface area contributed by atoms with Gasteiger partial charge in [0.2, 0.25) is 0 Å². The van der Waals surface area contributed by atoms with Gasteiger partial charge in [-0.05, 0) is 31.6 Å². The Bertz CT molecular complexity index is 381. The Morgan fingerprint density at radius 1 is 1.33 bits per heavy atom. The zero-order valence-electron chi connectivity index (χ0n) is 11.4. The maximum Gasteiger partial charge on any atom is 0.340 e. The third kappa shape index (κ3) is 3.74. The van der Waals surface area contributed by atoms with Crippen molar-refractivity contribution in [2.24, 2.45) is 0 Å². The summed E-state index contributed by atoms with van der Waals surface area (Å²) in [4.78, 5) is 14.1. The van der Waals surface area contributed by atoms with Crippen molar-refractivity contribution in [2.75, 3.05) is 32.0 Å². The second-order valence-corrected chi connectivity index (χ2v) is 4.20. The van der Waals surface area contributed by atoms with Gasteiger partial charge in [-0.15, -0.1) is 0 Å². The summed E-state index contributed by atoms with van der Waals surface area (Å²) >= 11 is 0. The smallest absolute Gasteiger partial charge is 0.340 e. The fourth-order valence-electron chi connectivity index (χ4n) is 1.85. The van der Waals surface area contributed by atoms with E-state index in [1.807, 2.05) is 19.1 Å². The van der Waals surface area contributed by atoms with Gasteiger partial charge in [-0.2, -0.15) is 0 Å². The van der Waals surface area contributed by atoms with E-state index in [2.05, 4.69) is 18.7 Å². The number of anilines is 1. The highest BCUT2D eigenvalue weighted by Gasteiger charge is 2.14. The summed E-state index contributed by atoms with van der Waals surface area (Å²) in [6.07, 6.45) is 0. The number of carbonyl (C=O) groups excluding carboxylic acids is 1. The Hall–Kier alpha value is -1.55. The van der Waals surface area contributed by atoms with Crippen molar-refractivity contribution in [3.8, 4) is 0 Å². The number of nitrogens with two attached hydrogens (primary N) is 1. The van der Waals surface area contributed by atoms with E-state index in [1.54, 1.807) is 6.07 Å². The van der Waals surface area contributed by atoms with Gasteiger partial charge in [0.1, 0.15) is 6.61 Å². The summed E-state index contributed by atoms with van der Waals surface area (Å²) in [5.41, 5.74) is 7.60. The highest BCUT2D eigenvalue weighted by atomic mass is 16.5. The Labute approximate surface area is 109 Å². The molecule has 0 saturated carbocycles. The molecule has 100 valence electrons. The van der Waals surface area contributed by atoms with Crippen LogP contribution in [0.25, 0.3) is 0 Å². The third-order valence-electron chi connectivity index (χ3n) is 3.04. The van der Waals surface area contributed by atoms with Gasteiger partial charge >= 0.3 is 5.97 Å². The molecule has 0 spiro atoms. The van der Waals surface area contributed by atoms with Crippen molar-refractivity contribution < 1.29 is 9.53 Å². The number of likely N-dealkylation sites (N-methyl/N-ethyl adjacent to an activating group) is 1. The lowest BCUT2D eigenvalue weighted by atomic mass is 10.1. The van der Waals surface area contributed by atoms with Gasteiger partial charge in [-0.1, -0.05) is 26.0 Å². The Morgan fingerprint density at radius 2 is 2.00 bits per heavy atom. The molecule has 0 heterocycles. The molecule has 0 amide bonds. The largest absolute Gasteiger partial charge is 0.461 e. The van der Waals surface area contributed by atoms with Gasteiger partial charge in [0, 0.05) is 12.2 Å². The number of benzene rings is 1. The van der Waals surface area contributed by atoms with Crippen LogP contribution >= 0.6 is 0 Å². The molecule has 4 nitrogen and oxygen atoms in total. The normalized spacial score (nSPS) is 10.7. The van der Waals surface area contributed by atoms with Crippen molar-refractivity contribution in [1.29, 1.82) is 0 Å². The second kappa shape index (κ2) is 7.01. The van der Waals surface area contributed by atoms with Gasteiger partial charge in [0.15, 0.2) is 0 Å². The van der Waals surface area contributed by atoms with Crippen molar-refractivity contribution >= 4 is 11.7 Å². The molecule has 0 fully saturated rings. The highest BCUT2D eigenvalue weighted by Crippen LogP contribution is 2.17. The van der Waals surface area contributed by atoms with Gasteiger partial charge in [0.25, 0.3) is 0 Å².